The molecule has 4 nitrogen and oxygen atoms in total. The van der Waals surface area contributed by atoms with Crippen LogP contribution in [0.4, 0.5) is 4.79 Å². The van der Waals surface area contributed by atoms with Crippen molar-refractivity contribution in [1.29, 1.82) is 0 Å². The first-order chi connectivity index (χ1) is 7.24. The van der Waals surface area contributed by atoms with Crippen molar-refractivity contribution in [1.82, 2.24) is 10.2 Å². The normalized spacial score (nSPS) is 19.1. The number of allylic oxidation sites excluding steroid dienone is 1. The van der Waals surface area contributed by atoms with Crippen LogP contribution in [0.15, 0.2) is 17.1 Å². The molecule has 0 saturated carbocycles. The Kier molecular flexibility index (Phi) is 4.87. The molecule has 0 aromatic carbocycles. The van der Waals surface area contributed by atoms with Gasteiger partial charge in [0, 0.05) is 26.6 Å². The largest absolute Gasteiger partial charge is 0.363 e. The van der Waals surface area contributed by atoms with Crippen molar-refractivity contribution in [3.8, 4) is 0 Å². The minimum atomic E-state index is -0.237. The van der Waals surface area contributed by atoms with E-state index in [0.29, 0.717) is 6.54 Å². The number of amidine groups is 1. The van der Waals surface area contributed by atoms with Crippen LogP contribution in [0.5, 0.6) is 0 Å². The standard InChI is InChI=1S/C11H19N3O/c1-3-4-5-8-12-11(15)13-10-7-6-9-14(10)2/h4-5H,3,6-9H2,1-2H3,(H,12,15)/b5-4+,13-10+. The Morgan fingerprint density at radius 3 is 3.00 bits per heavy atom. The van der Waals surface area contributed by atoms with E-state index in [1.807, 2.05) is 24.1 Å². The van der Waals surface area contributed by atoms with Gasteiger partial charge in [-0.25, -0.2) is 4.79 Å². The first-order valence-corrected chi connectivity index (χ1v) is 5.45. The molecule has 2 amide bonds. The highest BCUT2D eigenvalue weighted by molar-refractivity contribution is 5.94. The van der Waals surface area contributed by atoms with Gasteiger partial charge in [-0.05, 0) is 12.8 Å². The summed E-state index contributed by atoms with van der Waals surface area (Å²) in [6.45, 7) is 3.63. The van der Waals surface area contributed by atoms with Crippen LogP contribution in [0.2, 0.25) is 0 Å². The van der Waals surface area contributed by atoms with Crippen LogP contribution in [-0.4, -0.2) is 36.9 Å². The van der Waals surface area contributed by atoms with Gasteiger partial charge in [-0.1, -0.05) is 19.1 Å². The summed E-state index contributed by atoms with van der Waals surface area (Å²) in [5.74, 6) is 0.895. The highest BCUT2D eigenvalue weighted by Gasteiger charge is 2.14. The lowest BCUT2D eigenvalue weighted by atomic mass is 10.4. The number of aliphatic imine (C=N–C) groups is 1. The predicted molar refractivity (Wildman–Crippen MR) is 62.1 cm³/mol. The summed E-state index contributed by atoms with van der Waals surface area (Å²) in [6, 6.07) is -0.237. The van der Waals surface area contributed by atoms with E-state index >= 15 is 0 Å². The molecular weight excluding hydrogens is 190 g/mol. The Morgan fingerprint density at radius 1 is 1.60 bits per heavy atom. The Bertz CT molecular complexity index is 271. The van der Waals surface area contributed by atoms with Gasteiger partial charge < -0.3 is 10.2 Å². The van der Waals surface area contributed by atoms with Crippen LogP contribution in [0, 0.1) is 0 Å². The van der Waals surface area contributed by atoms with Crippen molar-refractivity contribution < 1.29 is 4.79 Å². The number of nitrogens with one attached hydrogen (secondary N) is 1. The average Bonchev–Trinajstić information content (AvgIpc) is 2.59. The molecule has 1 N–H and O–H groups in total. The van der Waals surface area contributed by atoms with E-state index in [1.54, 1.807) is 0 Å². The molecular formula is C11H19N3O. The van der Waals surface area contributed by atoms with Crippen molar-refractivity contribution in [2.45, 2.75) is 26.2 Å². The fourth-order valence-corrected chi connectivity index (χ4v) is 1.49. The molecule has 1 aliphatic heterocycles. The van der Waals surface area contributed by atoms with Gasteiger partial charge >= 0.3 is 6.03 Å². The molecule has 0 aromatic heterocycles. The first-order valence-electron chi connectivity index (χ1n) is 5.45. The molecule has 1 fully saturated rings. The number of rotatable bonds is 3. The lowest BCUT2D eigenvalue weighted by Gasteiger charge is -2.10. The molecule has 0 unspecified atom stereocenters. The Morgan fingerprint density at radius 2 is 2.40 bits per heavy atom. The minimum absolute atomic E-state index is 0.237. The highest BCUT2D eigenvalue weighted by atomic mass is 16.2. The lowest BCUT2D eigenvalue weighted by Crippen LogP contribution is -2.25. The van der Waals surface area contributed by atoms with Crippen molar-refractivity contribution in [2.24, 2.45) is 4.99 Å². The Balaban J connectivity index is 2.31. The van der Waals surface area contributed by atoms with Crippen molar-refractivity contribution in [3.05, 3.63) is 12.2 Å². The van der Waals surface area contributed by atoms with Gasteiger partial charge in [0.15, 0.2) is 0 Å². The SMILES string of the molecule is CC/C=C/CNC(=O)/N=C1\CCCN1C. The third kappa shape index (κ3) is 4.14. The van der Waals surface area contributed by atoms with Crippen molar-refractivity contribution in [3.63, 3.8) is 0 Å². The molecule has 0 atom stereocenters. The van der Waals surface area contributed by atoms with Gasteiger partial charge in [-0.3, -0.25) is 0 Å². The first kappa shape index (κ1) is 11.8. The zero-order valence-electron chi connectivity index (χ0n) is 9.49. The fourth-order valence-electron chi connectivity index (χ4n) is 1.49. The predicted octanol–water partition coefficient (Wildman–Crippen LogP) is 1.79. The Labute approximate surface area is 91.1 Å². The maximum Gasteiger partial charge on any atom is 0.342 e. The average molecular weight is 209 g/mol. The molecule has 4 heteroatoms. The fraction of sp³-hybridized carbons (Fsp3) is 0.636. The number of carbonyl (C=O) groups is 1. The number of carbonyl (C=O) groups excluding carboxylic acids is 1. The van der Waals surface area contributed by atoms with Crippen molar-refractivity contribution in [2.75, 3.05) is 20.1 Å². The summed E-state index contributed by atoms with van der Waals surface area (Å²) in [7, 11) is 1.97. The van der Waals surface area contributed by atoms with E-state index in [2.05, 4.69) is 17.2 Å². The molecule has 1 rings (SSSR count). The van der Waals surface area contributed by atoms with Gasteiger partial charge in [-0.2, -0.15) is 4.99 Å². The van der Waals surface area contributed by atoms with E-state index in [0.717, 1.165) is 31.6 Å². The Hall–Kier alpha value is -1.32. The molecule has 0 bridgehead atoms. The minimum Gasteiger partial charge on any atom is -0.363 e. The van der Waals surface area contributed by atoms with Gasteiger partial charge in [0.2, 0.25) is 0 Å². The maximum atomic E-state index is 11.3. The summed E-state index contributed by atoms with van der Waals surface area (Å²) in [6.07, 6.45) is 6.96. The molecule has 15 heavy (non-hydrogen) atoms. The third-order valence-electron chi connectivity index (χ3n) is 2.34. The van der Waals surface area contributed by atoms with E-state index in [4.69, 9.17) is 0 Å². The topological polar surface area (TPSA) is 44.7 Å². The van der Waals surface area contributed by atoms with Crippen LogP contribution in [0.3, 0.4) is 0 Å². The summed E-state index contributed by atoms with van der Waals surface area (Å²) >= 11 is 0. The molecule has 0 aliphatic carbocycles. The van der Waals surface area contributed by atoms with E-state index in [1.165, 1.54) is 0 Å². The second kappa shape index (κ2) is 6.22. The third-order valence-corrected chi connectivity index (χ3v) is 2.34. The number of amides is 2. The van der Waals surface area contributed by atoms with Crippen LogP contribution < -0.4 is 5.32 Å². The smallest absolute Gasteiger partial charge is 0.342 e. The molecule has 1 saturated heterocycles. The monoisotopic (exact) mass is 209 g/mol. The molecule has 1 aliphatic rings. The van der Waals surface area contributed by atoms with Crippen LogP contribution in [0.1, 0.15) is 26.2 Å². The number of urea groups is 1. The van der Waals surface area contributed by atoms with Crippen LogP contribution >= 0.6 is 0 Å². The van der Waals surface area contributed by atoms with Gasteiger partial charge in [0.1, 0.15) is 5.84 Å². The maximum absolute atomic E-state index is 11.3. The zero-order valence-corrected chi connectivity index (χ0v) is 9.49. The second-order valence-corrected chi connectivity index (χ2v) is 3.62. The van der Waals surface area contributed by atoms with Gasteiger partial charge in [0.25, 0.3) is 0 Å². The number of hydrogen-bond donors (Lipinski definition) is 1. The summed E-state index contributed by atoms with van der Waals surface area (Å²) < 4.78 is 0. The molecule has 0 radical (unpaired) electrons. The second-order valence-electron chi connectivity index (χ2n) is 3.62. The number of hydrogen-bond acceptors (Lipinski definition) is 1. The molecule has 0 spiro atoms. The summed E-state index contributed by atoms with van der Waals surface area (Å²) in [4.78, 5) is 17.4. The molecule has 84 valence electrons. The zero-order chi connectivity index (χ0) is 11.1. The van der Waals surface area contributed by atoms with Crippen LogP contribution in [-0.2, 0) is 0 Å². The van der Waals surface area contributed by atoms with Crippen molar-refractivity contribution >= 4 is 11.9 Å². The molecule has 0 aromatic rings. The lowest BCUT2D eigenvalue weighted by molar-refractivity contribution is 0.250. The van der Waals surface area contributed by atoms with Gasteiger partial charge in [-0.15, -0.1) is 0 Å². The van der Waals surface area contributed by atoms with Crippen LogP contribution in [0.25, 0.3) is 0 Å². The van der Waals surface area contributed by atoms with E-state index in [9.17, 15) is 4.79 Å². The summed E-state index contributed by atoms with van der Waals surface area (Å²) in [5, 5.41) is 2.72. The number of likely N-dealkylation sites (tertiary alicyclic amines) is 1. The number of nitrogens with zero attached hydrogens (tertiary/aromatic N) is 2. The van der Waals surface area contributed by atoms with Gasteiger partial charge in [0.05, 0.1) is 0 Å². The quantitative estimate of drug-likeness (QED) is 0.720. The summed E-state index contributed by atoms with van der Waals surface area (Å²) in [5.41, 5.74) is 0. The van der Waals surface area contributed by atoms with E-state index < -0.39 is 0 Å². The highest BCUT2D eigenvalue weighted by Crippen LogP contribution is 2.08. The van der Waals surface area contributed by atoms with E-state index in [-0.39, 0.29) is 6.03 Å². The molecule has 1 heterocycles.